The molecule has 0 bridgehead atoms. The Morgan fingerprint density at radius 2 is 2.24 bits per heavy atom. The number of nitrogens with zero attached hydrogens (tertiary/aromatic N) is 3. The summed E-state index contributed by atoms with van der Waals surface area (Å²) in [7, 11) is 0. The fraction of sp³-hybridized carbons (Fsp3) is 0.429. The lowest BCUT2D eigenvalue weighted by Gasteiger charge is -2.35. The molecule has 110 valence electrons. The van der Waals surface area contributed by atoms with Gasteiger partial charge in [0.2, 0.25) is 0 Å². The molecule has 21 heavy (non-hydrogen) atoms. The lowest BCUT2D eigenvalue weighted by molar-refractivity contribution is -0.143. The van der Waals surface area contributed by atoms with Gasteiger partial charge in [0.05, 0.1) is 5.92 Å². The number of carboxylic acids is 1. The third-order valence-electron chi connectivity index (χ3n) is 3.84. The number of aromatic nitrogens is 2. The number of thiazole rings is 1. The van der Waals surface area contributed by atoms with Gasteiger partial charge in [0.1, 0.15) is 10.3 Å². The first kappa shape index (κ1) is 13.9. The van der Waals surface area contributed by atoms with E-state index < -0.39 is 11.9 Å². The van der Waals surface area contributed by atoms with Gasteiger partial charge in [-0.15, -0.1) is 0 Å². The summed E-state index contributed by atoms with van der Waals surface area (Å²) in [5.41, 5.74) is 0.699. The van der Waals surface area contributed by atoms with Crippen molar-refractivity contribution in [3.63, 3.8) is 0 Å². The van der Waals surface area contributed by atoms with Gasteiger partial charge >= 0.3 is 5.97 Å². The van der Waals surface area contributed by atoms with Crippen LogP contribution in [0.1, 0.15) is 29.6 Å². The first-order chi connectivity index (χ1) is 10.1. The van der Waals surface area contributed by atoms with E-state index in [4.69, 9.17) is 5.11 Å². The summed E-state index contributed by atoms with van der Waals surface area (Å²) in [6.45, 7) is 2.19. The fourth-order valence-electron chi connectivity index (χ4n) is 2.58. The Morgan fingerprint density at radius 3 is 2.95 bits per heavy atom. The van der Waals surface area contributed by atoms with Crippen molar-refractivity contribution >= 4 is 33.6 Å². The molecule has 2 unspecified atom stereocenters. The van der Waals surface area contributed by atoms with Gasteiger partial charge < -0.3 is 10.0 Å². The van der Waals surface area contributed by atoms with E-state index in [2.05, 4.69) is 9.97 Å². The third kappa shape index (κ3) is 2.61. The Balaban J connectivity index is 1.87. The number of amides is 1. The zero-order valence-corrected chi connectivity index (χ0v) is 12.3. The summed E-state index contributed by atoms with van der Waals surface area (Å²) in [5, 5.41) is 9.52. The van der Waals surface area contributed by atoms with Crippen LogP contribution in [-0.4, -0.2) is 44.4 Å². The minimum absolute atomic E-state index is 0.0353. The summed E-state index contributed by atoms with van der Waals surface area (Å²) in [5.74, 6) is -1.53. The first-order valence-corrected chi connectivity index (χ1v) is 7.63. The zero-order valence-electron chi connectivity index (χ0n) is 11.5. The second-order valence-corrected chi connectivity index (χ2v) is 6.24. The van der Waals surface area contributed by atoms with Crippen LogP contribution in [-0.2, 0) is 4.79 Å². The van der Waals surface area contributed by atoms with E-state index in [1.54, 1.807) is 17.2 Å². The maximum atomic E-state index is 12.6. The number of likely N-dealkylation sites (tertiary alicyclic amines) is 1. The molecule has 7 heteroatoms. The average Bonchev–Trinajstić information content (AvgIpc) is 2.90. The maximum Gasteiger partial charge on any atom is 0.308 e. The fourth-order valence-corrected chi connectivity index (χ4v) is 3.44. The maximum absolute atomic E-state index is 12.6. The molecule has 2 aromatic rings. The lowest BCUT2D eigenvalue weighted by Crippen LogP contribution is -2.47. The van der Waals surface area contributed by atoms with E-state index in [0.717, 1.165) is 4.83 Å². The molecule has 0 saturated carbocycles. The van der Waals surface area contributed by atoms with Crippen LogP contribution in [0.25, 0.3) is 10.3 Å². The molecular weight excluding hydrogens is 290 g/mol. The molecule has 3 rings (SSSR count). The number of pyridine rings is 1. The second-order valence-electron chi connectivity index (χ2n) is 5.27. The summed E-state index contributed by atoms with van der Waals surface area (Å²) in [4.78, 5) is 34.6. The molecule has 3 heterocycles. The number of piperidine rings is 1. The molecule has 1 amide bonds. The van der Waals surface area contributed by atoms with Crippen molar-refractivity contribution in [1.29, 1.82) is 0 Å². The quantitative estimate of drug-likeness (QED) is 0.917. The molecule has 2 aromatic heterocycles. The topological polar surface area (TPSA) is 83.4 Å². The summed E-state index contributed by atoms with van der Waals surface area (Å²) in [6.07, 6.45) is 2.98. The normalized spacial score (nSPS) is 22.4. The van der Waals surface area contributed by atoms with Crippen LogP contribution in [0.2, 0.25) is 0 Å². The lowest BCUT2D eigenvalue weighted by atomic mass is 9.93. The minimum Gasteiger partial charge on any atom is -0.481 e. The molecule has 1 saturated heterocycles. The Labute approximate surface area is 125 Å². The number of aliphatic carboxylic acids is 1. The Morgan fingerprint density at radius 1 is 1.43 bits per heavy atom. The number of carbonyl (C=O) groups is 2. The van der Waals surface area contributed by atoms with Crippen molar-refractivity contribution in [3.8, 4) is 0 Å². The number of hydrogen-bond acceptors (Lipinski definition) is 5. The molecule has 1 fully saturated rings. The van der Waals surface area contributed by atoms with Gasteiger partial charge in [-0.2, -0.15) is 0 Å². The van der Waals surface area contributed by atoms with E-state index in [-0.39, 0.29) is 18.5 Å². The summed E-state index contributed by atoms with van der Waals surface area (Å²) in [6, 6.07) is 3.63. The number of fused-ring (bicyclic) bond motifs is 1. The van der Waals surface area contributed by atoms with Gasteiger partial charge in [-0.05, 0) is 31.9 Å². The molecule has 0 aromatic carbocycles. The molecule has 1 N–H and O–H groups in total. The first-order valence-electron chi connectivity index (χ1n) is 6.81. The van der Waals surface area contributed by atoms with Gasteiger partial charge in [0.25, 0.3) is 5.91 Å². The van der Waals surface area contributed by atoms with E-state index in [1.807, 2.05) is 13.0 Å². The van der Waals surface area contributed by atoms with Crippen LogP contribution in [0.5, 0.6) is 0 Å². The SMILES string of the molecule is CC1CCC(C(=O)O)CN1C(=O)c1nc2cccnc2s1. The second kappa shape index (κ2) is 5.40. The Bertz CT molecular complexity index is 667. The van der Waals surface area contributed by atoms with Crippen molar-refractivity contribution in [2.45, 2.75) is 25.8 Å². The standard InChI is InChI=1S/C14H15N3O3S/c1-8-4-5-9(14(19)20)7-17(8)13(18)12-16-10-3-2-6-15-11(10)21-12/h2-3,6,8-9H,4-5,7H2,1H3,(H,19,20). The smallest absolute Gasteiger partial charge is 0.308 e. The highest BCUT2D eigenvalue weighted by Gasteiger charge is 2.34. The number of hydrogen-bond donors (Lipinski definition) is 1. The molecule has 0 aliphatic carbocycles. The molecule has 2 atom stereocenters. The van der Waals surface area contributed by atoms with Crippen molar-refractivity contribution in [2.24, 2.45) is 5.92 Å². The predicted molar refractivity (Wildman–Crippen MR) is 78.3 cm³/mol. The van der Waals surface area contributed by atoms with Crippen molar-refractivity contribution in [3.05, 3.63) is 23.3 Å². The Kier molecular flexibility index (Phi) is 3.59. The molecule has 6 nitrogen and oxygen atoms in total. The number of rotatable bonds is 2. The van der Waals surface area contributed by atoms with Crippen molar-refractivity contribution in [1.82, 2.24) is 14.9 Å². The Hall–Kier alpha value is -2.02. The number of carboxylic acid groups (broad SMARTS) is 1. The average molecular weight is 305 g/mol. The van der Waals surface area contributed by atoms with E-state index in [0.29, 0.717) is 23.4 Å². The molecule has 1 aliphatic heterocycles. The van der Waals surface area contributed by atoms with Gasteiger partial charge in [-0.3, -0.25) is 9.59 Å². The van der Waals surface area contributed by atoms with Crippen LogP contribution < -0.4 is 0 Å². The van der Waals surface area contributed by atoms with Gasteiger partial charge in [-0.1, -0.05) is 11.3 Å². The van der Waals surface area contributed by atoms with Crippen LogP contribution >= 0.6 is 11.3 Å². The molecule has 0 radical (unpaired) electrons. The molecule has 0 spiro atoms. The van der Waals surface area contributed by atoms with Crippen molar-refractivity contribution in [2.75, 3.05) is 6.54 Å². The van der Waals surface area contributed by atoms with Crippen LogP contribution in [0.4, 0.5) is 0 Å². The van der Waals surface area contributed by atoms with E-state index >= 15 is 0 Å². The van der Waals surface area contributed by atoms with Crippen molar-refractivity contribution < 1.29 is 14.7 Å². The van der Waals surface area contributed by atoms with E-state index in [1.165, 1.54) is 11.3 Å². The third-order valence-corrected chi connectivity index (χ3v) is 4.81. The van der Waals surface area contributed by atoms with E-state index in [9.17, 15) is 9.59 Å². The zero-order chi connectivity index (χ0) is 15.0. The van der Waals surface area contributed by atoms with Gasteiger partial charge in [0.15, 0.2) is 5.01 Å². The van der Waals surface area contributed by atoms with Gasteiger partial charge in [-0.25, -0.2) is 9.97 Å². The predicted octanol–water partition coefficient (Wildman–Crippen LogP) is 2.02. The summed E-state index contributed by atoms with van der Waals surface area (Å²) >= 11 is 1.25. The summed E-state index contributed by atoms with van der Waals surface area (Å²) < 4.78 is 0. The van der Waals surface area contributed by atoms with Gasteiger partial charge in [0, 0.05) is 18.8 Å². The molecular formula is C14H15N3O3S. The number of carbonyl (C=O) groups excluding carboxylic acids is 1. The monoisotopic (exact) mass is 305 g/mol. The van der Waals surface area contributed by atoms with Crippen LogP contribution in [0, 0.1) is 5.92 Å². The van der Waals surface area contributed by atoms with Crippen LogP contribution in [0.15, 0.2) is 18.3 Å². The largest absolute Gasteiger partial charge is 0.481 e. The highest BCUT2D eigenvalue weighted by atomic mass is 32.1. The highest BCUT2D eigenvalue weighted by molar-refractivity contribution is 7.19. The highest BCUT2D eigenvalue weighted by Crippen LogP contribution is 2.26. The molecule has 1 aliphatic rings. The van der Waals surface area contributed by atoms with Crippen LogP contribution in [0.3, 0.4) is 0 Å². The minimum atomic E-state index is -0.842.